The van der Waals surface area contributed by atoms with Crippen LogP contribution in [0, 0.1) is 0 Å². The van der Waals surface area contributed by atoms with Gasteiger partial charge in [0.15, 0.2) is 5.79 Å². The third kappa shape index (κ3) is 6.49. The van der Waals surface area contributed by atoms with Gasteiger partial charge in [-0.25, -0.2) is 0 Å². The molecule has 0 bridgehead atoms. The van der Waals surface area contributed by atoms with Gasteiger partial charge in [0.1, 0.15) is 0 Å². The first-order chi connectivity index (χ1) is 7.74. The Kier molecular flexibility index (Phi) is 10.0. The van der Waals surface area contributed by atoms with Gasteiger partial charge in [-0.15, -0.1) is 0 Å². The van der Waals surface area contributed by atoms with Gasteiger partial charge in [-0.3, -0.25) is 0 Å². The molecule has 0 aromatic rings. The van der Waals surface area contributed by atoms with Crippen LogP contribution >= 0.6 is 0 Å². The second kappa shape index (κ2) is 10.1. The van der Waals surface area contributed by atoms with E-state index in [-0.39, 0.29) is 5.79 Å². The molecule has 0 saturated heterocycles. The van der Waals surface area contributed by atoms with Crippen LogP contribution in [-0.2, 0) is 9.47 Å². The first kappa shape index (κ1) is 15.9. The Morgan fingerprint density at radius 2 is 1.25 bits per heavy atom. The highest BCUT2D eigenvalue weighted by Crippen LogP contribution is 2.25. The van der Waals surface area contributed by atoms with Crippen molar-refractivity contribution in [3.8, 4) is 0 Å². The van der Waals surface area contributed by atoms with Crippen LogP contribution in [-0.4, -0.2) is 19.0 Å². The van der Waals surface area contributed by atoms with E-state index in [1.165, 1.54) is 12.8 Å². The van der Waals surface area contributed by atoms with Crippen molar-refractivity contribution in [2.45, 2.75) is 78.4 Å². The number of ether oxygens (including phenoxy) is 2. The fourth-order valence-corrected chi connectivity index (χ4v) is 1.75. The van der Waals surface area contributed by atoms with E-state index in [9.17, 15) is 0 Å². The van der Waals surface area contributed by atoms with Crippen molar-refractivity contribution in [1.82, 2.24) is 0 Å². The minimum absolute atomic E-state index is 0.306. The monoisotopic (exact) mass is 230 g/mol. The second-order valence-corrected chi connectivity index (χ2v) is 4.42. The largest absolute Gasteiger partial charge is 0.350 e. The molecular formula is C14H30O2. The first-order valence-electron chi connectivity index (χ1n) is 7.02. The van der Waals surface area contributed by atoms with Crippen LogP contribution in [0.3, 0.4) is 0 Å². The normalized spacial score (nSPS) is 12.0. The molecule has 2 nitrogen and oxygen atoms in total. The van der Waals surface area contributed by atoms with Gasteiger partial charge in [0.05, 0.1) is 13.2 Å². The van der Waals surface area contributed by atoms with Crippen molar-refractivity contribution in [2.24, 2.45) is 0 Å². The van der Waals surface area contributed by atoms with Crippen LogP contribution in [0.2, 0.25) is 0 Å². The lowest BCUT2D eigenvalue weighted by Gasteiger charge is -2.33. The third-order valence-electron chi connectivity index (χ3n) is 2.90. The Bertz CT molecular complexity index is 136. The van der Waals surface area contributed by atoms with Crippen molar-refractivity contribution in [2.75, 3.05) is 13.2 Å². The van der Waals surface area contributed by atoms with E-state index >= 15 is 0 Å². The molecule has 0 atom stereocenters. The van der Waals surface area contributed by atoms with E-state index in [2.05, 4.69) is 27.7 Å². The van der Waals surface area contributed by atoms with Gasteiger partial charge >= 0.3 is 0 Å². The molecular weight excluding hydrogens is 200 g/mol. The molecule has 0 fully saturated rings. The van der Waals surface area contributed by atoms with E-state index in [0.717, 1.165) is 45.3 Å². The van der Waals surface area contributed by atoms with E-state index in [1.807, 2.05) is 0 Å². The molecule has 0 radical (unpaired) electrons. The highest BCUT2D eigenvalue weighted by atomic mass is 16.7. The highest BCUT2D eigenvalue weighted by molar-refractivity contribution is 4.67. The topological polar surface area (TPSA) is 18.5 Å². The predicted molar refractivity (Wildman–Crippen MR) is 69.7 cm³/mol. The Labute approximate surface area is 102 Å². The zero-order chi connectivity index (χ0) is 12.3. The molecule has 0 unspecified atom stereocenters. The number of hydrogen-bond donors (Lipinski definition) is 0. The summed E-state index contributed by atoms with van der Waals surface area (Å²) in [6.45, 7) is 10.4. The summed E-state index contributed by atoms with van der Waals surface area (Å²) >= 11 is 0. The van der Waals surface area contributed by atoms with Crippen LogP contribution in [0.4, 0.5) is 0 Å². The molecule has 0 N–H and O–H groups in total. The van der Waals surface area contributed by atoms with Crippen molar-refractivity contribution < 1.29 is 9.47 Å². The lowest BCUT2D eigenvalue weighted by Crippen LogP contribution is -2.36. The summed E-state index contributed by atoms with van der Waals surface area (Å²) in [5.41, 5.74) is 0. The van der Waals surface area contributed by atoms with Gasteiger partial charge in [0.25, 0.3) is 0 Å². The maximum absolute atomic E-state index is 5.98. The van der Waals surface area contributed by atoms with Crippen molar-refractivity contribution in [3.63, 3.8) is 0 Å². The highest BCUT2D eigenvalue weighted by Gasteiger charge is 2.28. The Balaban J connectivity index is 4.09. The van der Waals surface area contributed by atoms with Crippen LogP contribution < -0.4 is 0 Å². The molecule has 0 aromatic carbocycles. The zero-order valence-electron chi connectivity index (χ0n) is 11.7. The minimum Gasteiger partial charge on any atom is -0.350 e. The van der Waals surface area contributed by atoms with E-state index in [1.54, 1.807) is 0 Å². The minimum atomic E-state index is -0.306. The summed E-state index contributed by atoms with van der Waals surface area (Å²) < 4.78 is 12.0. The molecule has 0 spiro atoms. The molecule has 98 valence electrons. The molecule has 0 aromatic heterocycles. The van der Waals surface area contributed by atoms with Gasteiger partial charge in [-0.05, 0) is 19.3 Å². The molecule has 0 amide bonds. The lowest BCUT2D eigenvalue weighted by molar-refractivity contribution is -0.243. The molecule has 0 saturated carbocycles. The van der Waals surface area contributed by atoms with Crippen molar-refractivity contribution in [3.05, 3.63) is 0 Å². The summed E-state index contributed by atoms with van der Waals surface area (Å²) in [7, 11) is 0. The van der Waals surface area contributed by atoms with Gasteiger partial charge < -0.3 is 9.47 Å². The smallest absolute Gasteiger partial charge is 0.167 e. The van der Waals surface area contributed by atoms with Crippen LogP contribution in [0.1, 0.15) is 72.6 Å². The molecule has 0 aliphatic carbocycles. The summed E-state index contributed by atoms with van der Waals surface area (Å²) in [5.74, 6) is -0.306. The number of unbranched alkanes of at least 4 members (excludes halogenated alkanes) is 2. The van der Waals surface area contributed by atoms with Crippen molar-refractivity contribution in [1.29, 1.82) is 0 Å². The summed E-state index contributed by atoms with van der Waals surface area (Å²) in [6, 6.07) is 0. The van der Waals surface area contributed by atoms with Crippen LogP contribution in [0.5, 0.6) is 0 Å². The molecule has 0 rings (SSSR count). The number of rotatable bonds is 11. The molecule has 0 heterocycles. The van der Waals surface area contributed by atoms with E-state index in [4.69, 9.17) is 9.47 Å². The van der Waals surface area contributed by atoms with Gasteiger partial charge in [0, 0.05) is 6.42 Å². The molecule has 0 aliphatic heterocycles. The number of hydrogen-bond acceptors (Lipinski definition) is 2. The summed E-state index contributed by atoms with van der Waals surface area (Å²) in [4.78, 5) is 0. The lowest BCUT2D eigenvalue weighted by atomic mass is 10.1. The summed E-state index contributed by atoms with van der Waals surface area (Å²) in [6.07, 6.45) is 7.70. The maximum Gasteiger partial charge on any atom is 0.167 e. The van der Waals surface area contributed by atoms with E-state index in [0.29, 0.717) is 0 Å². The van der Waals surface area contributed by atoms with Gasteiger partial charge in [0.2, 0.25) is 0 Å². The Hall–Kier alpha value is -0.0800. The standard InChI is InChI=1S/C14H30O2/c1-5-9-12-15-14(8-4,11-7-3)16-13-10-6-2/h5-13H2,1-4H3. The fourth-order valence-electron chi connectivity index (χ4n) is 1.75. The predicted octanol–water partition coefficient (Wildman–Crippen LogP) is 4.53. The molecule has 2 heteroatoms. The quantitative estimate of drug-likeness (QED) is 0.383. The van der Waals surface area contributed by atoms with E-state index < -0.39 is 0 Å². The fraction of sp³-hybridized carbons (Fsp3) is 1.00. The first-order valence-corrected chi connectivity index (χ1v) is 7.02. The van der Waals surface area contributed by atoms with Crippen LogP contribution in [0.25, 0.3) is 0 Å². The van der Waals surface area contributed by atoms with Gasteiger partial charge in [-0.2, -0.15) is 0 Å². The van der Waals surface area contributed by atoms with Crippen LogP contribution in [0.15, 0.2) is 0 Å². The zero-order valence-corrected chi connectivity index (χ0v) is 11.7. The maximum atomic E-state index is 5.98. The molecule has 0 aliphatic rings. The Morgan fingerprint density at radius 3 is 1.56 bits per heavy atom. The third-order valence-corrected chi connectivity index (χ3v) is 2.90. The SMILES string of the molecule is CCCCOC(CC)(CCC)OCCCC. The molecule has 16 heavy (non-hydrogen) atoms. The summed E-state index contributed by atoms with van der Waals surface area (Å²) in [5, 5.41) is 0. The average Bonchev–Trinajstić information content (AvgIpc) is 2.29. The van der Waals surface area contributed by atoms with Gasteiger partial charge in [-0.1, -0.05) is 47.0 Å². The Morgan fingerprint density at radius 1 is 0.750 bits per heavy atom. The second-order valence-electron chi connectivity index (χ2n) is 4.42. The average molecular weight is 230 g/mol. The van der Waals surface area contributed by atoms with Crippen molar-refractivity contribution >= 4 is 0 Å².